The molecule has 1 aromatic carbocycles. The standard InChI is InChI=1S/C27H34ClN7O3/c1-31-9-10-32(2)26-15-24(33-16-19(36)17-33)29-25-14-21(30-35(25)26)22-5-3-4-8-34(22)27(37)20-13-18(28)6-7-23(20)38-12-11-31/h6-7,13-15,19,22,36H,3-5,8-12,16-17H2,1-2H3. The average Bonchev–Trinajstić information content (AvgIpc) is 3.33. The summed E-state index contributed by atoms with van der Waals surface area (Å²) in [7, 11) is 4.13. The molecule has 3 aliphatic heterocycles. The summed E-state index contributed by atoms with van der Waals surface area (Å²) in [4.78, 5) is 27.3. The van der Waals surface area contributed by atoms with Gasteiger partial charge in [-0.3, -0.25) is 4.79 Å². The van der Waals surface area contributed by atoms with Crippen LogP contribution in [0, 0.1) is 0 Å². The van der Waals surface area contributed by atoms with Gasteiger partial charge in [-0.2, -0.15) is 9.61 Å². The number of β-amino-alcohol motifs (C(OH)–C–C–N with tert-alkyl or cyclic N) is 1. The fourth-order valence-corrected chi connectivity index (χ4v) is 5.67. The lowest BCUT2D eigenvalue weighted by Gasteiger charge is -2.37. The maximum absolute atomic E-state index is 14.0. The van der Waals surface area contributed by atoms with Gasteiger partial charge in [0.2, 0.25) is 0 Å². The van der Waals surface area contributed by atoms with Crippen LogP contribution in [-0.4, -0.2) is 101 Å². The zero-order valence-electron chi connectivity index (χ0n) is 21.9. The molecule has 1 atom stereocenters. The number of benzene rings is 1. The van der Waals surface area contributed by atoms with Gasteiger partial charge in [0, 0.05) is 63.5 Å². The maximum atomic E-state index is 14.0. The van der Waals surface area contributed by atoms with Crippen LogP contribution < -0.4 is 14.5 Å². The molecule has 2 fully saturated rings. The lowest BCUT2D eigenvalue weighted by Crippen LogP contribution is -2.51. The number of ether oxygens (including phenoxy) is 1. The number of aromatic nitrogens is 3. The molecule has 3 aromatic rings. The van der Waals surface area contributed by atoms with Crippen molar-refractivity contribution in [1.82, 2.24) is 24.4 Å². The Morgan fingerprint density at radius 1 is 1.05 bits per heavy atom. The molecular formula is C27H34ClN7O3. The first-order valence-corrected chi connectivity index (χ1v) is 13.7. The molecule has 5 heterocycles. The van der Waals surface area contributed by atoms with Gasteiger partial charge < -0.3 is 29.4 Å². The van der Waals surface area contributed by atoms with E-state index < -0.39 is 0 Å². The number of likely N-dealkylation sites (N-methyl/N-ethyl adjacent to an activating group) is 2. The van der Waals surface area contributed by atoms with E-state index in [2.05, 4.69) is 28.8 Å². The van der Waals surface area contributed by atoms with Gasteiger partial charge in [-0.25, -0.2) is 4.98 Å². The summed E-state index contributed by atoms with van der Waals surface area (Å²) in [5.74, 6) is 2.23. The first-order valence-electron chi connectivity index (χ1n) is 13.3. The van der Waals surface area contributed by atoms with E-state index in [9.17, 15) is 9.90 Å². The SMILES string of the molecule is CN1CCOc2ccc(Cl)cc2C(=O)N2CCCCC2c2cc3nc(N4CC(O)C4)cc(n3n2)N(C)CC1. The number of rotatable bonds is 1. The number of piperidine rings is 1. The summed E-state index contributed by atoms with van der Waals surface area (Å²) in [6.07, 6.45) is 2.46. The van der Waals surface area contributed by atoms with E-state index in [4.69, 9.17) is 26.4 Å². The molecule has 0 saturated carbocycles. The van der Waals surface area contributed by atoms with Crippen molar-refractivity contribution >= 4 is 34.8 Å². The van der Waals surface area contributed by atoms with Crippen molar-refractivity contribution in [2.24, 2.45) is 0 Å². The topological polar surface area (TPSA) is 89.7 Å². The molecular weight excluding hydrogens is 506 g/mol. The second kappa shape index (κ2) is 10.2. The highest BCUT2D eigenvalue weighted by atomic mass is 35.5. The quantitative estimate of drug-likeness (QED) is 0.505. The molecule has 6 rings (SSSR count). The minimum absolute atomic E-state index is 0.0924. The number of carbonyl (C=O) groups is 1. The summed E-state index contributed by atoms with van der Waals surface area (Å²) in [5.41, 5.74) is 2.05. The minimum Gasteiger partial charge on any atom is -0.491 e. The van der Waals surface area contributed by atoms with Crippen molar-refractivity contribution in [1.29, 1.82) is 0 Å². The van der Waals surface area contributed by atoms with Crippen molar-refractivity contribution in [3.05, 3.63) is 46.6 Å². The number of hydrogen-bond acceptors (Lipinski definition) is 8. The van der Waals surface area contributed by atoms with E-state index in [1.54, 1.807) is 18.2 Å². The number of carbonyl (C=O) groups excluding carboxylic acids is 1. The smallest absolute Gasteiger partial charge is 0.258 e. The molecule has 0 spiro atoms. The number of fused-ring (bicyclic) bond motifs is 4. The van der Waals surface area contributed by atoms with Crippen molar-refractivity contribution < 1.29 is 14.6 Å². The van der Waals surface area contributed by atoms with Crippen molar-refractivity contribution in [3.63, 3.8) is 0 Å². The Morgan fingerprint density at radius 2 is 1.89 bits per heavy atom. The summed E-state index contributed by atoms with van der Waals surface area (Å²) in [6.45, 7) is 4.57. The van der Waals surface area contributed by atoms with Crippen LogP contribution in [-0.2, 0) is 0 Å². The molecule has 1 N–H and O–H groups in total. The minimum atomic E-state index is -0.321. The first kappa shape index (κ1) is 25.2. The Hall–Kier alpha value is -3.08. The van der Waals surface area contributed by atoms with Gasteiger partial charge in [0.25, 0.3) is 5.91 Å². The molecule has 202 valence electrons. The van der Waals surface area contributed by atoms with E-state index in [1.165, 1.54) is 0 Å². The van der Waals surface area contributed by atoms with Crippen molar-refractivity contribution in [2.45, 2.75) is 31.4 Å². The summed E-state index contributed by atoms with van der Waals surface area (Å²) in [5, 5.41) is 15.4. The lowest BCUT2D eigenvalue weighted by molar-refractivity contribution is 0.0601. The Kier molecular flexibility index (Phi) is 6.79. The molecule has 0 aliphatic carbocycles. The molecule has 11 heteroatoms. The summed E-state index contributed by atoms with van der Waals surface area (Å²) in [6, 6.07) is 9.15. The highest BCUT2D eigenvalue weighted by molar-refractivity contribution is 6.31. The predicted octanol–water partition coefficient (Wildman–Crippen LogP) is 2.69. The van der Waals surface area contributed by atoms with Crippen LogP contribution in [0.25, 0.3) is 5.65 Å². The number of amides is 1. The Balaban J connectivity index is 1.45. The number of halogens is 1. The van der Waals surface area contributed by atoms with Crippen molar-refractivity contribution in [2.75, 3.05) is 69.8 Å². The summed E-state index contributed by atoms with van der Waals surface area (Å²) < 4.78 is 8.02. The van der Waals surface area contributed by atoms with Crippen LogP contribution in [0.15, 0.2) is 30.3 Å². The van der Waals surface area contributed by atoms with Crippen LogP contribution in [0.5, 0.6) is 5.75 Å². The number of aliphatic hydroxyl groups is 1. The van der Waals surface area contributed by atoms with Gasteiger partial charge in [0.05, 0.1) is 23.4 Å². The van der Waals surface area contributed by atoms with Gasteiger partial charge in [-0.15, -0.1) is 0 Å². The molecule has 2 aromatic heterocycles. The summed E-state index contributed by atoms with van der Waals surface area (Å²) >= 11 is 6.34. The second-order valence-corrected chi connectivity index (χ2v) is 11.0. The third kappa shape index (κ3) is 4.76. The zero-order valence-corrected chi connectivity index (χ0v) is 22.6. The average molecular weight is 540 g/mol. The number of anilines is 2. The number of aliphatic hydroxyl groups excluding tert-OH is 1. The number of hydrogen-bond donors (Lipinski definition) is 1. The van der Waals surface area contributed by atoms with Crippen LogP contribution in [0.2, 0.25) is 5.02 Å². The zero-order chi connectivity index (χ0) is 26.4. The van der Waals surface area contributed by atoms with Gasteiger partial charge in [-0.1, -0.05) is 11.6 Å². The van der Waals surface area contributed by atoms with E-state index in [0.717, 1.165) is 55.3 Å². The fourth-order valence-electron chi connectivity index (χ4n) is 5.49. The van der Waals surface area contributed by atoms with E-state index in [-0.39, 0.29) is 18.1 Å². The maximum Gasteiger partial charge on any atom is 0.258 e. The van der Waals surface area contributed by atoms with Crippen LogP contribution in [0.1, 0.15) is 41.4 Å². The van der Waals surface area contributed by atoms with Gasteiger partial charge >= 0.3 is 0 Å². The Labute approximate surface area is 227 Å². The van der Waals surface area contributed by atoms with E-state index >= 15 is 0 Å². The molecule has 1 amide bonds. The number of nitrogens with zero attached hydrogens (tertiary/aromatic N) is 7. The fraction of sp³-hybridized carbons (Fsp3) is 0.519. The second-order valence-electron chi connectivity index (χ2n) is 10.6. The molecule has 2 bridgehead atoms. The van der Waals surface area contributed by atoms with Gasteiger partial charge in [0.1, 0.15) is 24.0 Å². The largest absolute Gasteiger partial charge is 0.491 e. The Bertz CT molecular complexity index is 1340. The van der Waals surface area contributed by atoms with Crippen LogP contribution >= 0.6 is 11.6 Å². The third-order valence-corrected chi connectivity index (χ3v) is 8.05. The van der Waals surface area contributed by atoms with E-state index in [1.807, 2.05) is 21.5 Å². The molecule has 1 unspecified atom stereocenters. The molecule has 2 saturated heterocycles. The normalized spacial score (nSPS) is 21.8. The molecule has 38 heavy (non-hydrogen) atoms. The van der Waals surface area contributed by atoms with Crippen LogP contribution in [0.4, 0.5) is 11.6 Å². The highest BCUT2D eigenvalue weighted by Crippen LogP contribution is 2.35. The highest BCUT2D eigenvalue weighted by Gasteiger charge is 2.33. The molecule has 10 nitrogen and oxygen atoms in total. The van der Waals surface area contributed by atoms with Crippen LogP contribution in [0.3, 0.4) is 0 Å². The molecule has 0 radical (unpaired) electrons. The Morgan fingerprint density at radius 3 is 2.71 bits per heavy atom. The monoisotopic (exact) mass is 539 g/mol. The van der Waals surface area contributed by atoms with Crippen molar-refractivity contribution in [3.8, 4) is 5.75 Å². The predicted molar refractivity (Wildman–Crippen MR) is 147 cm³/mol. The first-order chi connectivity index (χ1) is 18.4. The van der Waals surface area contributed by atoms with E-state index in [0.29, 0.717) is 49.1 Å². The third-order valence-electron chi connectivity index (χ3n) is 7.82. The molecule has 3 aliphatic rings. The van der Waals surface area contributed by atoms with Gasteiger partial charge in [0.15, 0.2) is 5.65 Å². The van der Waals surface area contributed by atoms with Gasteiger partial charge in [-0.05, 0) is 44.5 Å². The lowest BCUT2D eigenvalue weighted by atomic mass is 9.98.